The molecule has 0 aliphatic carbocycles. The third kappa shape index (κ3) is 2.55. The van der Waals surface area contributed by atoms with E-state index in [1.54, 1.807) is 22.5 Å². The minimum atomic E-state index is -3.55. The van der Waals surface area contributed by atoms with Crippen LogP contribution in [0.3, 0.4) is 0 Å². The minimum absolute atomic E-state index is 0.215. The molecule has 0 radical (unpaired) electrons. The second kappa shape index (κ2) is 5.35. The van der Waals surface area contributed by atoms with Gasteiger partial charge in [0.05, 0.1) is 7.11 Å². The van der Waals surface area contributed by atoms with Gasteiger partial charge >= 0.3 is 0 Å². The molecule has 1 fully saturated rings. The molecule has 1 aliphatic rings. The molecule has 1 saturated heterocycles. The lowest BCUT2D eigenvalue weighted by Gasteiger charge is -2.31. The molecule has 1 aromatic carbocycles. The third-order valence-corrected chi connectivity index (χ3v) is 6.01. The number of methoxy groups -OCH3 is 1. The largest absolute Gasteiger partial charge is 0.495 e. The van der Waals surface area contributed by atoms with E-state index in [-0.39, 0.29) is 10.4 Å². The van der Waals surface area contributed by atoms with Crippen LogP contribution >= 0.6 is 0 Å². The summed E-state index contributed by atoms with van der Waals surface area (Å²) in [7, 11) is -2.07. The van der Waals surface area contributed by atoms with E-state index in [0.29, 0.717) is 18.8 Å². The first-order chi connectivity index (χ1) is 9.32. The van der Waals surface area contributed by atoms with Gasteiger partial charge in [-0.15, -0.1) is 0 Å². The van der Waals surface area contributed by atoms with Gasteiger partial charge in [0.25, 0.3) is 0 Å². The van der Waals surface area contributed by atoms with Crippen molar-refractivity contribution in [3.8, 4) is 5.75 Å². The Morgan fingerprint density at radius 3 is 2.60 bits per heavy atom. The Morgan fingerprint density at radius 2 is 2.10 bits per heavy atom. The highest BCUT2D eigenvalue weighted by Crippen LogP contribution is 2.36. The van der Waals surface area contributed by atoms with E-state index in [1.807, 2.05) is 13.8 Å². The zero-order valence-corrected chi connectivity index (χ0v) is 13.0. The topological polar surface area (TPSA) is 72.6 Å². The first kappa shape index (κ1) is 15.3. The van der Waals surface area contributed by atoms with Gasteiger partial charge in [-0.25, -0.2) is 8.42 Å². The molecule has 0 atom stereocenters. The lowest BCUT2D eigenvalue weighted by Crippen LogP contribution is -2.42. The number of hydrogen-bond donors (Lipinski definition) is 1. The maximum atomic E-state index is 12.8. The summed E-state index contributed by atoms with van der Waals surface area (Å²) in [5.41, 5.74) is 6.08. The van der Waals surface area contributed by atoms with Crippen LogP contribution in [-0.4, -0.2) is 31.9 Å². The van der Waals surface area contributed by atoms with Crippen molar-refractivity contribution in [2.24, 2.45) is 5.73 Å². The summed E-state index contributed by atoms with van der Waals surface area (Å²) in [6.07, 6.45) is 1.75. The van der Waals surface area contributed by atoms with Crippen molar-refractivity contribution >= 4 is 10.0 Å². The summed E-state index contributed by atoms with van der Waals surface area (Å²) < 4.78 is 32.5. The van der Waals surface area contributed by atoms with Crippen molar-refractivity contribution in [2.75, 3.05) is 13.7 Å². The van der Waals surface area contributed by atoms with Crippen molar-refractivity contribution in [1.82, 2.24) is 4.31 Å². The summed E-state index contributed by atoms with van der Waals surface area (Å²) in [5, 5.41) is 0. The fourth-order valence-corrected chi connectivity index (χ4v) is 4.68. The minimum Gasteiger partial charge on any atom is -0.495 e. The molecule has 0 bridgehead atoms. The molecule has 2 rings (SSSR count). The van der Waals surface area contributed by atoms with E-state index in [1.165, 1.54) is 7.11 Å². The smallest absolute Gasteiger partial charge is 0.247 e. The monoisotopic (exact) mass is 298 g/mol. The van der Waals surface area contributed by atoms with Gasteiger partial charge in [-0.05, 0) is 44.4 Å². The molecule has 6 heteroatoms. The predicted molar refractivity (Wildman–Crippen MR) is 78.1 cm³/mol. The van der Waals surface area contributed by atoms with E-state index >= 15 is 0 Å². The lowest BCUT2D eigenvalue weighted by molar-refractivity contribution is 0.290. The van der Waals surface area contributed by atoms with Crippen LogP contribution in [0.2, 0.25) is 0 Å². The first-order valence-electron chi connectivity index (χ1n) is 6.73. The van der Waals surface area contributed by atoms with Crippen molar-refractivity contribution in [3.63, 3.8) is 0 Å². The molecule has 0 amide bonds. The van der Waals surface area contributed by atoms with Crippen LogP contribution in [0.1, 0.15) is 32.3 Å². The van der Waals surface area contributed by atoms with E-state index < -0.39 is 10.0 Å². The molecule has 20 heavy (non-hydrogen) atoms. The molecule has 1 aromatic rings. The van der Waals surface area contributed by atoms with Crippen molar-refractivity contribution < 1.29 is 13.2 Å². The van der Waals surface area contributed by atoms with Gasteiger partial charge in [0.2, 0.25) is 10.0 Å². The summed E-state index contributed by atoms with van der Waals surface area (Å²) in [6, 6.07) is 5.01. The summed E-state index contributed by atoms with van der Waals surface area (Å²) in [6.45, 7) is 4.82. The average Bonchev–Trinajstić information content (AvgIpc) is 2.78. The molecule has 112 valence electrons. The molecular weight excluding hydrogens is 276 g/mol. The van der Waals surface area contributed by atoms with Gasteiger partial charge < -0.3 is 10.5 Å². The molecule has 5 nitrogen and oxygen atoms in total. The van der Waals surface area contributed by atoms with Crippen LogP contribution in [0, 0.1) is 0 Å². The maximum absolute atomic E-state index is 12.8. The summed E-state index contributed by atoms with van der Waals surface area (Å²) in [5.74, 6) is 0.357. The van der Waals surface area contributed by atoms with Gasteiger partial charge in [-0.3, -0.25) is 0 Å². The second-order valence-electron chi connectivity index (χ2n) is 5.68. The zero-order valence-electron chi connectivity index (χ0n) is 12.2. The Kier molecular flexibility index (Phi) is 4.09. The molecule has 0 aromatic heterocycles. The van der Waals surface area contributed by atoms with E-state index in [4.69, 9.17) is 10.5 Å². The number of rotatable bonds is 4. The summed E-state index contributed by atoms with van der Waals surface area (Å²) >= 11 is 0. The molecule has 0 spiro atoms. The molecule has 1 heterocycles. The highest BCUT2D eigenvalue weighted by molar-refractivity contribution is 7.89. The van der Waals surface area contributed by atoms with Crippen molar-refractivity contribution in [1.29, 1.82) is 0 Å². The van der Waals surface area contributed by atoms with E-state index in [2.05, 4.69) is 0 Å². The lowest BCUT2D eigenvalue weighted by atomic mass is 10.0. The molecular formula is C14H22N2O3S. The highest BCUT2D eigenvalue weighted by atomic mass is 32.2. The van der Waals surface area contributed by atoms with Crippen LogP contribution in [0.15, 0.2) is 23.1 Å². The van der Waals surface area contributed by atoms with Gasteiger partial charge in [0, 0.05) is 18.6 Å². The number of nitrogens with zero attached hydrogens (tertiary/aromatic N) is 1. The SMILES string of the molecule is COc1cc(CN)ccc1S(=O)(=O)N1CCCC1(C)C. The van der Waals surface area contributed by atoms with E-state index in [9.17, 15) is 8.42 Å². The normalized spacial score (nSPS) is 19.2. The molecule has 0 unspecified atom stereocenters. The maximum Gasteiger partial charge on any atom is 0.247 e. The number of hydrogen-bond acceptors (Lipinski definition) is 4. The van der Waals surface area contributed by atoms with E-state index in [0.717, 1.165) is 18.4 Å². The quantitative estimate of drug-likeness (QED) is 0.918. The van der Waals surface area contributed by atoms with Crippen LogP contribution < -0.4 is 10.5 Å². The third-order valence-electron chi connectivity index (χ3n) is 3.86. The Hall–Kier alpha value is -1.11. The fourth-order valence-electron chi connectivity index (χ4n) is 2.70. The van der Waals surface area contributed by atoms with Crippen molar-refractivity contribution in [3.05, 3.63) is 23.8 Å². The Balaban J connectivity index is 2.49. The average molecular weight is 298 g/mol. The molecule has 2 N–H and O–H groups in total. The molecule has 0 saturated carbocycles. The van der Waals surface area contributed by atoms with Crippen LogP contribution in [0.5, 0.6) is 5.75 Å². The number of sulfonamides is 1. The number of nitrogens with two attached hydrogens (primary N) is 1. The Labute approximate surface area is 120 Å². The number of ether oxygens (including phenoxy) is 1. The Morgan fingerprint density at radius 1 is 1.40 bits per heavy atom. The standard InChI is InChI=1S/C14H22N2O3S/c1-14(2)7-4-8-16(14)20(17,18)13-6-5-11(10-15)9-12(13)19-3/h5-6,9H,4,7-8,10,15H2,1-3H3. The van der Waals surface area contributed by atoms with Crippen molar-refractivity contribution in [2.45, 2.75) is 43.7 Å². The highest BCUT2D eigenvalue weighted by Gasteiger charge is 2.41. The van der Waals surface area contributed by atoms with Crippen LogP contribution in [-0.2, 0) is 16.6 Å². The fraction of sp³-hybridized carbons (Fsp3) is 0.571. The van der Waals surface area contributed by atoms with Gasteiger partial charge in [-0.1, -0.05) is 6.07 Å². The number of benzene rings is 1. The Bertz CT molecular complexity index is 596. The first-order valence-corrected chi connectivity index (χ1v) is 8.17. The zero-order chi connectivity index (χ0) is 15.0. The van der Waals surface area contributed by atoms with Gasteiger partial charge in [0.15, 0.2) is 0 Å². The van der Waals surface area contributed by atoms with Gasteiger partial charge in [-0.2, -0.15) is 4.31 Å². The summed E-state index contributed by atoms with van der Waals surface area (Å²) in [4.78, 5) is 0.215. The van der Waals surface area contributed by atoms with Crippen LogP contribution in [0.4, 0.5) is 0 Å². The predicted octanol–water partition coefficient (Wildman–Crippen LogP) is 1.72. The second-order valence-corrected chi connectivity index (χ2v) is 7.51. The van der Waals surface area contributed by atoms with Gasteiger partial charge in [0.1, 0.15) is 10.6 Å². The molecule has 1 aliphatic heterocycles. The van der Waals surface area contributed by atoms with Crippen LogP contribution in [0.25, 0.3) is 0 Å².